The summed E-state index contributed by atoms with van der Waals surface area (Å²) in [4.78, 5) is 19.4. The van der Waals surface area contributed by atoms with Gasteiger partial charge in [-0.15, -0.1) is 0 Å². The van der Waals surface area contributed by atoms with Gasteiger partial charge in [0, 0.05) is 37.5 Å². The maximum absolute atomic E-state index is 13.8. The van der Waals surface area contributed by atoms with E-state index in [1.165, 1.54) is 12.1 Å². The van der Waals surface area contributed by atoms with Crippen LogP contribution in [0.1, 0.15) is 41.4 Å². The third kappa shape index (κ3) is 5.08. The quantitative estimate of drug-likeness (QED) is 0.558. The van der Waals surface area contributed by atoms with Gasteiger partial charge in [-0.05, 0) is 49.4 Å². The van der Waals surface area contributed by atoms with Crippen LogP contribution in [0.25, 0.3) is 11.1 Å². The Bertz CT molecular complexity index is 1170. The van der Waals surface area contributed by atoms with Gasteiger partial charge in [0.25, 0.3) is 5.91 Å². The van der Waals surface area contributed by atoms with Gasteiger partial charge in [-0.25, -0.2) is 4.98 Å². The van der Waals surface area contributed by atoms with Gasteiger partial charge < -0.3 is 10.2 Å². The fourth-order valence-electron chi connectivity index (χ4n) is 4.51. The lowest BCUT2D eigenvalue weighted by Gasteiger charge is -2.40. The molecule has 2 unspecified atom stereocenters. The lowest BCUT2D eigenvalue weighted by molar-refractivity contribution is -0.141. The molecule has 0 radical (unpaired) electrons. The number of hydrogen-bond acceptors (Lipinski definition) is 4. The highest BCUT2D eigenvalue weighted by Crippen LogP contribution is 2.31. The molecule has 3 heterocycles. The number of pyridine rings is 1. The van der Waals surface area contributed by atoms with Gasteiger partial charge in [0.15, 0.2) is 0 Å². The van der Waals surface area contributed by atoms with Crippen molar-refractivity contribution in [1.29, 1.82) is 0 Å². The number of anilines is 1. The van der Waals surface area contributed by atoms with Crippen LogP contribution in [0.3, 0.4) is 0 Å². The van der Waals surface area contributed by atoms with E-state index in [2.05, 4.69) is 22.3 Å². The molecule has 0 saturated carbocycles. The summed E-state index contributed by atoms with van der Waals surface area (Å²) in [6, 6.07) is 9.40. The van der Waals surface area contributed by atoms with Crippen LogP contribution >= 0.6 is 0 Å². The average molecular weight is 472 g/mol. The standard InChI is InChI=1S/C25H28F3N5O/c1-16-9-10-19(18-13-30-32(3)15-18)20(12-16)24(34)33-11-5-6-17(2)21(33)14-29-23-8-4-7-22(31-23)25(26,27)28/h4,7-10,12-13,15,17,21H,5-6,11,14H2,1-3H3,(H,29,31). The second-order valence-electron chi connectivity index (χ2n) is 8.92. The van der Waals surface area contributed by atoms with Crippen LogP contribution < -0.4 is 5.32 Å². The van der Waals surface area contributed by atoms with E-state index < -0.39 is 11.9 Å². The first-order chi connectivity index (χ1) is 16.1. The number of carbonyl (C=O) groups excluding carboxylic acids is 1. The number of piperidine rings is 1. The Hall–Kier alpha value is -3.36. The number of nitrogens with one attached hydrogen (secondary N) is 1. The molecule has 1 saturated heterocycles. The van der Waals surface area contributed by atoms with Crippen molar-refractivity contribution >= 4 is 11.7 Å². The molecule has 9 heteroatoms. The lowest BCUT2D eigenvalue weighted by Crippen LogP contribution is -2.51. The van der Waals surface area contributed by atoms with E-state index >= 15 is 0 Å². The number of hydrogen-bond donors (Lipinski definition) is 1. The average Bonchev–Trinajstić information content (AvgIpc) is 3.23. The molecule has 2 atom stereocenters. The zero-order chi connectivity index (χ0) is 24.5. The predicted molar refractivity (Wildman–Crippen MR) is 124 cm³/mol. The number of amides is 1. The van der Waals surface area contributed by atoms with Crippen LogP contribution in [0.5, 0.6) is 0 Å². The largest absolute Gasteiger partial charge is 0.433 e. The minimum absolute atomic E-state index is 0.0853. The maximum atomic E-state index is 13.8. The van der Waals surface area contributed by atoms with Gasteiger partial charge in [-0.1, -0.05) is 30.7 Å². The lowest BCUT2D eigenvalue weighted by atomic mass is 9.89. The Morgan fingerprint density at radius 1 is 1.24 bits per heavy atom. The minimum Gasteiger partial charge on any atom is -0.368 e. The number of alkyl halides is 3. The zero-order valence-corrected chi connectivity index (χ0v) is 19.4. The third-order valence-corrected chi connectivity index (χ3v) is 6.33. The molecule has 0 bridgehead atoms. The summed E-state index contributed by atoms with van der Waals surface area (Å²) in [5.74, 6) is 0.243. The van der Waals surface area contributed by atoms with E-state index in [0.29, 0.717) is 18.7 Å². The Morgan fingerprint density at radius 3 is 2.74 bits per heavy atom. The number of rotatable bonds is 5. The first kappa shape index (κ1) is 23.8. The molecular formula is C25H28F3N5O. The summed E-state index contributed by atoms with van der Waals surface area (Å²) in [6.07, 6.45) is 0.914. The smallest absolute Gasteiger partial charge is 0.368 e. The van der Waals surface area contributed by atoms with Gasteiger partial charge in [0.2, 0.25) is 0 Å². The molecule has 3 aromatic rings. The van der Waals surface area contributed by atoms with Crippen molar-refractivity contribution in [2.75, 3.05) is 18.4 Å². The van der Waals surface area contributed by atoms with Gasteiger partial charge >= 0.3 is 6.18 Å². The van der Waals surface area contributed by atoms with Crippen LogP contribution in [-0.4, -0.2) is 44.7 Å². The molecule has 1 N–H and O–H groups in total. The summed E-state index contributed by atoms with van der Waals surface area (Å²) >= 11 is 0. The first-order valence-electron chi connectivity index (χ1n) is 11.3. The normalized spacial score (nSPS) is 18.7. The van der Waals surface area contributed by atoms with Gasteiger partial charge in [-0.2, -0.15) is 18.3 Å². The van der Waals surface area contributed by atoms with Gasteiger partial charge in [-0.3, -0.25) is 9.48 Å². The van der Waals surface area contributed by atoms with E-state index in [1.54, 1.807) is 10.9 Å². The van der Waals surface area contributed by atoms with Crippen molar-refractivity contribution in [2.24, 2.45) is 13.0 Å². The fourth-order valence-corrected chi connectivity index (χ4v) is 4.51. The number of aryl methyl sites for hydroxylation is 2. The molecule has 1 aromatic carbocycles. The monoisotopic (exact) mass is 471 g/mol. The molecule has 4 rings (SSSR count). The minimum atomic E-state index is -4.51. The summed E-state index contributed by atoms with van der Waals surface area (Å²) < 4.78 is 40.8. The molecule has 2 aromatic heterocycles. The Balaban J connectivity index is 1.60. The van der Waals surface area contributed by atoms with Crippen molar-refractivity contribution in [3.8, 4) is 11.1 Å². The van der Waals surface area contributed by atoms with Crippen LogP contribution in [0, 0.1) is 12.8 Å². The van der Waals surface area contributed by atoms with E-state index in [1.807, 2.05) is 43.3 Å². The predicted octanol–water partition coefficient (Wildman–Crippen LogP) is 5.16. The summed E-state index contributed by atoms with van der Waals surface area (Å²) in [5, 5.41) is 7.27. The third-order valence-electron chi connectivity index (χ3n) is 6.33. The van der Waals surface area contributed by atoms with E-state index in [0.717, 1.165) is 35.6 Å². The SMILES string of the molecule is Cc1ccc(-c2cnn(C)c2)c(C(=O)N2CCCC(C)C2CNc2cccc(C(F)(F)F)n2)c1. The highest BCUT2D eigenvalue weighted by Gasteiger charge is 2.34. The number of nitrogens with zero attached hydrogens (tertiary/aromatic N) is 4. The number of benzene rings is 1. The summed E-state index contributed by atoms with van der Waals surface area (Å²) in [6.45, 7) is 4.92. The molecule has 1 aliphatic rings. The Kier molecular flexibility index (Phi) is 6.63. The van der Waals surface area contributed by atoms with Crippen LogP contribution in [0.2, 0.25) is 0 Å². The van der Waals surface area contributed by atoms with Crippen molar-refractivity contribution < 1.29 is 18.0 Å². The Morgan fingerprint density at radius 2 is 2.03 bits per heavy atom. The van der Waals surface area contributed by atoms with Crippen molar-refractivity contribution in [3.05, 3.63) is 65.6 Å². The van der Waals surface area contributed by atoms with Gasteiger partial charge in [0.05, 0.1) is 12.2 Å². The number of aromatic nitrogens is 3. The second-order valence-corrected chi connectivity index (χ2v) is 8.92. The first-order valence-corrected chi connectivity index (χ1v) is 11.3. The molecule has 34 heavy (non-hydrogen) atoms. The van der Waals surface area contributed by atoms with Gasteiger partial charge in [0.1, 0.15) is 11.5 Å². The van der Waals surface area contributed by atoms with Crippen LogP contribution in [-0.2, 0) is 13.2 Å². The van der Waals surface area contributed by atoms with E-state index in [4.69, 9.17) is 0 Å². The fraction of sp³-hybridized carbons (Fsp3) is 0.400. The molecule has 0 spiro atoms. The van der Waals surface area contributed by atoms with Crippen molar-refractivity contribution in [2.45, 2.75) is 38.9 Å². The van der Waals surface area contributed by atoms with Crippen molar-refractivity contribution in [1.82, 2.24) is 19.7 Å². The zero-order valence-electron chi connectivity index (χ0n) is 19.4. The molecule has 0 aliphatic carbocycles. The maximum Gasteiger partial charge on any atom is 0.433 e. The highest BCUT2D eigenvalue weighted by atomic mass is 19.4. The van der Waals surface area contributed by atoms with E-state index in [9.17, 15) is 18.0 Å². The molecule has 180 valence electrons. The van der Waals surface area contributed by atoms with Crippen molar-refractivity contribution in [3.63, 3.8) is 0 Å². The molecular weight excluding hydrogens is 443 g/mol. The molecule has 6 nitrogen and oxygen atoms in total. The number of carbonyl (C=O) groups is 1. The summed E-state index contributed by atoms with van der Waals surface area (Å²) in [7, 11) is 1.83. The van der Waals surface area contributed by atoms with Crippen LogP contribution in [0.15, 0.2) is 48.8 Å². The Labute approximate surface area is 196 Å². The van der Waals surface area contributed by atoms with Crippen LogP contribution in [0.4, 0.5) is 19.0 Å². The molecule has 1 amide bonds. The molecule has 1 aliphatic heterocycles. The number of likely N-dealkylation sites (tertiary alicyclic amines) is 1. The summed E-state index contributed by atoms with van der Waals surface area (Å²) in [5.41, 5.74) is 2.31. The topological polar surface area (TPSA) is 63.1 Å². The van der Waals surface area contributed by atoms with E-state index in [-0.39, 0.29) is 23.7 Å². The highest BCUT2D eigenvalue weighted by molar-refractivity contribution is 6.01. The second kappa shape index (κ2) is 9.48. The molecule has 1 fully saturated rings. The number of halogens is 3.